The number of nitrogens with one attached hydrogen (secondary N) is 1. The van der Waals surface area contributed by atoms with Crippen molar-refractivity contribution in [3.8, 4) is 6.07 Å². The highest BCUT2D eigenvalue weighted by Gasteiger charge is 2.03. The summed E-state index contributed by atoms with van der Waals surface area (Å²) in [6, 6.07) is 10.2. The average molecular weight is 299 g/mol. The molecular formula is C12H6Cl3N3. The summed E-state index contributed by atoms with van der Waals surface area (Å²) in [5, 5.41) is 13.0. The smallest absolute Gasteiger partial charge is 0.133 e. The van der Waals surface area contributed by atoms with E-state index in [0.717, 1.165) is 0 Å². The molecule has 0 atom stereocenters. The average Bonchev–Trinajstić information content (AvgIpc) is 2.33. The van der Waals surface area contributed by atoms with Crippen LogP contribution >= 0.6 is 34.8 Å². The SMILES string of the molecule is N#Cc1cc(Cl)nc(Nc2ccc(Cl)c(Cl)c2)c1. The van der Waals surface area contributed by atoms with Crippen LogP contribution in [0.1, 0.15) is 5.56 Å². The Balaban J connectivity index is 2.31. The van der Waals surface area contributed by atoms with Crippen molar-refractivity contribution in [1.29, 1.82) is 5.26 Å². The monoisotopic (exact) mass is 297 g/mol. The van der Waals surface area contributed by atoms with Gasteiger partial charge in [-0.3, -0.25) is 0 Å². The molecule has 0 unspecified atom stereocenters. The highest BCUT2D eigenvalue weighted by Crippen LogP contribution is 2.27. The van der Waals surface area contributed by atoms with E-state index in [0.29, 0.717) is 27.1 Å². The van der Waals surface area contributed by atoms with Crippen molar-refractivity contribution in [2.24, 2.45) is 0 Å². The number of pyridine rings is 1. The molecule has 0 aliphatic rings. The first kappa shape index (κ1) is 13.0. The van der Waals surface area contributed by atoms with Gasteiger partial charge in [0.2, 0.25) is 0 Å². The van der Waals surface area contributed by atoms with Gasteiger partial charge in [0.1, 0.15) is 11.0 Å². The number of nitrogens with zero attached hydrogens (tertiary/aromatic N) is 2. The molecule has 0 saturated carbocycles. The first-order valence-corrected chi connectivity index (χ1v) is 6.01. The Morgan fingerprint density at radius 1 is 1.06 bits per heavy atom. The fourth-order valence-electron chi connectivity index (χ4n) is 1.35. The molecule has 6 heteroatoms. The standard InChI is InChI=1S/C12H6Cl3N3/c13-9-2-1-8(5-10(9)14)17-12-4-7(6-16)3-11(15)18-12/h1-5H,(H,17,18). The Morgan fingerprint density at radius 3 is 2.50 bits per heavy atom. The molecule has 1 N–H and O–H groups in total. The summed E-state index contributed by atoms with van der Waals surface area (Å²) in [4.78, 5) is 4.06. The van der Waals surface area contributed by atoms with Gasteiger partial charge in [0.15, 0.2) is 0 Å². The molecule has 0 bridgehead atoms. The molecule has 1 heterocycles. The number of rotatable bonds is 2. The molecule has 0 fully saturated rings. The summed E-state index contributed by atoms with van der Waals surface area (Å²) < 4.78 is 0. The Labute approximate surface area is 119 Å². The van der Waals surface area contributed by atoms with E-state index in [1.54, 1.807) is 24.3 Å². The molecular weight excluding hydrogens is 293 g/mol. The van der Waals surface area contributed by atoms with Crippen LogP contribution in [0.5, 0.6) is 0 Å². The molecule has 0 aliphatic heterocycles. The molecule has 0 radical (unpaired) electrons. The summed E-state index contributed by atoms with van der Waals surface area (Å²) in [6.45, 7) is 0. The number of aromatic nitrogens is 1. The molecule has 0 aliphatic carbocycles. The van der Waals surface area contributed by atoms with Crippen LogP contribution in [0.4, 0.5) is 11.5 Å². The van der Waals surface area contributed by atoms with Gasteiger partial charge in [-0.2, -0.15) is 5.26 Å². The maximum Gasteiger partial charge on any atom is 0.133 e. The van der Waals surface area contributed by atoms with E-state index >= 15 is 0 Å². The van der Waals surface area contributed by atoms with Crippen molar-refractivity contribution < 1.29 is 0 Å². The third kappa shape index (κ3) is 3.05. The van der Waals surface area contributed by atoms with Gasteiger partial charge >= 0.3 is 0 Å². The van der Waals surface area contributed by atoms with E-state index in [9.17, 15) is 0 Å². The number of hydrogen-bond acceptors (Lipinski definition) is 3. The zero-order valence-corrected chi connectivity index (χ0v) is 11.2. The quantitative estimate of drug-likeness (QED) is 0.820. The van der Waals surface area contributed by atoms with Crippen molar-refractivity contribution in [3.05, 3.63) is 51.1 Å². The highest BCUT2D eigenvalue weighted by atomic mass is 35.5. The van der Waals surface area contributed by atoms with Crippen molar-refractivity contribution in [1.82, 2.24) is 4.98 Å². The van der Waals surface area contributed by atoms with E-state index < -0.39 is 0 Å². The summed E-state index contributed by atoms with van der Waals surface area (Å²) >= 11 is 17.5. The molecule has 2 rings (SSSR count). The summed E-state index contributed by atoms with van der Waals surface area (Å²) in [5.41, 5.74) is 1.14. The number of anilines is 2. The number of hydrogen-bond donors (Lipinski definition) is 1. The van der Waals surface area contributed by atoms with Crippen molar-refractivity contribution in [3.63, 3.8) is 0 Å². The number of nitriles is 1. The molecule has 3 nitrogen and oxygen atoms in total. The van der Waals surface area contributed by atoms with Gasteiger partial charge in [0, 0.05) is 5.69 Å². The topological polar surface area (TPSA) is 48.7 Å². The molecule has 0 amide bonds. The van der Waals surface area contributed by atoms with Crippen LogP contribution < -0.4 is 5.32 Å². The predicted molar refractivity (Wildman–Crippen MR) is 73.7 cm³/mol. The van der Waals surface area contributed by atoms with Crippen molar-refractivity contribution >= 4 is 46.3 Å². The fraction of sp³-hybridized carbons (Fsp3) is 0. The first-order chi connectivity index (χ1) is 8.58. The fourth-order valence-corrected chi connectivity index (χ4v) is 1.85. The molecule has 1 aromatic heterocycles. The normalized spacial score (nSPS) is 9.89. The van der Waals surface area contributed by atoms with Crippen LogP contribution in [-0.2, 0) is 0 Å². The lowest BCUT2D eigenvalue weighted by molar-refractivity contribution is 1.29. The zero-order chi connectivity index (χ0) is 13.1. The lowest BCUT2D eigenvalue weighted by Gasteiger charge is -2.07. The van der Waals surface area contributed by atoms with Crippen LogP contribution in [0.3, 0.4) is 0 Å². The number of benzene rings is 1. The van der Waals surface area contributed by atoms with Gasteiger partial charge in [-0.25, -0.2) is 4.98 Å². The predicted octanol–water partition coefficient (Wildman–Crippen LogP) is 4.66. The van der Waals surface area contributed by atoms with Crippen LogP contribution in [0.2, 0.25) is 15.2 Å². The van der Waals surface area contributed by atoms with E-state index in [1.807, 2.05) is 6.07 Å². The van der Waals surface area contributed by atoms with Gasteiger partial charge in [0.05, 0.1) is 21.7 Å². The Morgan fingerprint density at radius 2 is 1.83 bits per heavy atom. The largest absolute Gasteiger partial charge is 0.340 e. The van der Waals surface area contributed by atoms with Crippen LogP contribution in [0, 0.1) is 11.3 Å². The van der Waals surface area contributed by atoms with Gasteiger partial charge in [-0.15, -0.1) is 0 Å². The van der Waals surface area contributed by atoms with Gasteiger partial charge in [-0.05, 0) is 30.3 Å². The third-order valence-electron chi connectivity index (χ3n) is 2.12. The lowest BCUT2D eigenvalue weighted by Crippen LogP contribution is -1.94. The van der Waals surface area contributed by atoms with E-state index in [2.05, 4.69) is 10.3 Å². The van der Waals surface area contributed by atoms with Crippen LogP contribution in [-0.4, -0.2) is 4.98 Å². The van der Waals surface area contributed by atoms with E-state index in [-0.39, 0.29) is 5.15 Å². The van der Waals surface area contributed by atoms with E-state index in [4.69, 9.17) is 40.1 Å². The van der Waals surface area contributed by atoms with E-state index in [1.165, 1.54) is 6.07 Å². The molecule has 2 aromatic rings. The zero-order valence-electron chi connectivity index (χ0n) is 8.92. The molecule has 0 spiro atoms. The molecule has 0 saturated heterocycles. The van der Waals surface area contributed by atoms with Crippen molar-refractivity contribution in [2.75, 3.05) is 5.32 Å². The van der Waals surface area contributed by atoms with Gasteiger partial charge in [0.25, 0.3) is 0 Å². The summed E-state index contributed by atoms with van der Waals surface area (Å²) in [7, 11) is 0. The van der Waals surface area contributed by atoms with Crippen LogP contribution in [0.15, 0.2) is 30.3 Å². The second-order valence-corrected chi connectivity index (χ2v) is 4.63. The van der Waals surface area contributed by atoms with Crippen LogP contribution in [0.25, 0.3) is 0 Å². The lowest BCUT2D eigenvalue weighted by atomic mass is 10.2. The minimum atomic E-state index is 0.247. The summed E-state index contributed by atoms with van der Waals surface area (Å²) in [6.07, 6.45) is 0. The number of halogens is 3. The second kappa shape index (κ2) is 5.45. The Bertz CT molecular complexity index is 635. The maximum absolute atomic E-state index is 8.83. The molecule has 18 heavy (non-hydrogen) atoms. The minimum Gasteiger partial charge on any atom is -0.340 e. The molecule has 1 aromatic carbocycles. The Kier molecular flexibility index (Phi) is 3.93. The van der Waals surface area contributed by atoms with Crippen molar-refractivity contribution in [2.45, 2.75) is 0 Å². The van der Waals surface area contributed by atoms with Gasteiger partial charge in [-0.1, -0.05) is 34.8 Å². The summed E-state index contributed by atoms with van der Waals surface area (Å²) in [5.74, 6) is 0.470. The van der Waals surface area contributed by atoms with Gasteiger partial charge < -0.3 is 5.32 Å². The Hall–Kier alpha value is -1.47. The third-order valence-corrected chi connectivity index (χ3v) is 3.05. The second-order valence-electron chi connectivity index (χ2n) is 3.43. The minimum absolute atomic E-state index is 0.247. The molecule has 90 valence electrons. The maximum atomic E-state index is 8.83. The highest BCUT2D eigenvalue weighted by molar-refractivity contribution is 6.42. The first-order valence-electron chi connectivity index (χ1n) is 4.88.